The number of rotatable bonds is 4. The van der Waals surface area contributed by atoms with Crippen molar-refractivity contribution < 1.29 is 18.8 Å². The van der Waals surface area contributed by atoms with E-state index in [9.17, 15) is 19.3 Å². The Labute approximate surface area is 137 Å². The Balaban J connectivity index is 2.13. The lowest BCUT2D eigenvalue weighted by Crippen LogP contribution is -2.35. The van der Waals surface area contributed by atoms with E-state index in [0.717, 1.165) is 12.1 Å². The molecule has 0 aliphatic carbocycles. The fourth-order valence-electron chi connectivity index (χ4n) is 2.79. The van der Waals surface area contributed by atoms with Gasteiger partial charge < -0.3 is 10.1 Å². The van der Waals surface area contributed by atoms with E-state index >= 15 is 0 Å². The minimum atomic E-state index is -0.727. The SMILES string of the molecule is O=C(c1ccccc1)c1ccc(F)c(C2COCCN2)c1[N+](=O)[O-]. The van der Waals surface area contributed by atoms with Gasteiger partial charge in [0.1, 0.15) is 11.4 Å². The number of nitrogens with one attached hydrogen (secondary N) is 1. The molecule has 1 aliphatic rings. The first kappa shape index (κ1) is 16.2. The van der Waals surface area contributed by atoms with Crippen LogP contribution in [0.5, 0.6) is 0 Å². The quantitative estimate of drug-likeness (QED) is 0.529. The van der Waals surface area contributed by atoms with Gasteiger partial charge >= 0.3 is 0 Å². The van der Waals surface area contributed by atoms with Crippen molar-refractivity contribution in [2.45, 2.75) is 6.04 Å². The fraction of sp³-hybridized carbons (Fsp3) is 0.235. The maximum Gasteiger partial charge on any atom is 0.288 e. The molecule has 1 unspecified atom stereocenters. The molecule has 24 heavy (non-hydrogen) atoms. The minimum absolute atomic E-state index is 0.112. The first-order chi connectivity index (χ1) is 11.6. The molecule has 0 aromatic heterocycles. The number of nitro benzene ring substituents is 1. The zero-order valence-electron chi connectivity index (χ0n) is 12.7. The number of hydrogen-bond acceptors (Lipinski definition) is 5. The number of halogens is 1. The lowest BCUT2D eigenvalue weighted by molar-refractivity contribution is -0.386. The third kappa shape index (κ3) is 3.04. The predicted molar refractivity (Wildman–Crippen MR) is 84.5 cm³/mol. The molecular formula is C17H15FN2O4. The molecule has 7 heteroatoms. The van der Waals surface area contributed by atoms with E-state index in [1.807, 2.05) is 0 Å². The average Bonchev–Trinajstić information content (AvgIpc) is 2.62. The lowest BCUT2D eigenvalue weighted by Gasteiger charge is -2.24. The van der Waals surface area contributed by atoms with E-state index in [1.165, 1.54) is 0 Å². The normalized spacial score (nSPS) is 17.5. The van der Waals surface area contributed by atoms with E-state index < -0.39 is 28.3 Å². The average molecular weight is 330 g/mol. The number of ketones is 1. The third-order valence-corrected chi connectivity index (χ3v) is 3.90. The summed E-state index contributed by atoms with van der Waals surface area (Å²) in [7, 11) is 0. The van der Waals surface area contributed by atoms with Crippen LogP contribution in [0.4, 0.5) is 10.1 Å². The van der Waals surface area contributed by atoms with Gasteiger partial charge in [-0.25, -0.2) is 4.39 Å². The number of morpholine rings is 1. The van der Waals surface area contributed by atoms with Crippen LogP contribution in [0.3, 0.4) is 0 Å². The van der Waals surface area contributed by atoms with Crippen molar-refractivity contribution in [1.29, 1.82) is 0 Å². The van der Waals surface area contributed by atoms with Crippen LogP contribution in [-0.2, 0) is 4.74 Å². The number of hydrogen-bond donors (Lipinski definition) is 1. The van der Waals surface area contributed by atoms with Crippen LogP contribution in [0.25, 0.3) is 0 Å². The Morgan fingerprint density at radius 1 is 1.25 bits per heavy atom. The number of ether oxygens (including phenoxy) is 1. The highest BCUT2D eigenvalue weighted by Gasteiger charge is 2.33. The van der Waals surface area contributed by atoms with E-state index in [0.29, 0.717) is 18.7 Å². The van der Waals surface area contributed by atoms with Gasteiger partial charge in [0, 0.05) is 12.1 Å². The molecule has 1 heterocycles. The topological polar surface area (TPSA) is 81.5 Å². The largest absolute Gasteiger partial charge is 0.378 e. The molecule has 1 fully saturated rings. The Morgan fingerprint density at radius 2 is 2.00 bits per heavy atom. The van der Waals surface area contributed by atoms with Crippen molar-refractivity contribution in [1.82, 2.24) is 5.32 Å². The van der Waals surface area contributed by atoms with Crippen LogP contribution >= 0.6 is 0 Å². The molecule has 1 N–H and O–H groups in total. The monoisotopic (exact) mass is 330 g/mol. The van der Waals surface area contributed by atoms with Crippen LogP contribution in [0, 0.1) is 15.9 Å². The molecule has 0 amide bonds. The number of carbonyl (C=O) groups is 1. The van der Waals surface area contributed by atoms with E-state index in [-0.39, 0.29) is 17.7 Å². The number of carbonyl (C=O) groups excluding carboxylic acids is 1. The van der Waals surface area contributed by atoms with Gasteiger partial charge in [0.05, 0.1) is 29.7 Å². The van der Waals surface area contributed by atoms with Crippen LogP contribution in [-0.4, -0.2) is 30.5 Å². The molecule has 2 aromatic rings. The fourth-order valence-corrected chi connectivity index (χ4v) is 2.79. The second-order valence-electron chi connectivity index (χ2n) is 5.39. The van der Waals surface area contributed by atoms with Gasteiger partial charge in [-0.2, -0.15) is 0 Å². The Bertz CT molecular complexity index is 774. The van der Waals surface area contributed by atoms with Gasteiger partial charge in [0.2, 0.25) is 0 Å². The zero-order chi connectivity index (χ0) is 17.1. The van der Waals surface area contributed by atoms with Gasteiger partial charge in [-0.15, -0.1) is 0 Å². The van der Waals surface area contributed by atoms with Crippen molar-refractivity contribution in [2.24, 2.45) is 0 Å². The van der Waals surface area contributed by atoms with Gasteiger partial charge in [0.15, 0.2) is 5.78 Å². The predicted octanol–water partition coefficient (Wildman–Crippen LogP) is 2.63. The van der Waals surface area contributed by atoms with Crippen LogP contribution in [0.15, 0.2) is 42.5 Å². The summed E-state index contributed by atoms with van der Waals surface area (Å²) in [6.45, 7) is 1.02. The molecule has 0 radical (unpaired) electrons. The molecule has 1 aliphatic heterocycles. The van der Waals surface area contributed by atoms with Crippen LogP contribution < -0.4 is 5.32 Å². The van der Waals surface area contributed by atoms with Crippen molar-refractivity contribution in [3.8, 4) is 0 Å². The Kier molecular flexibility index (Phi) is 4.64. The van der Waals surface area contributed by atoms with Crippen molar-refractivity contribution in [3.63, 3.8) is 0 Å². The van der Waals surface area contributed by atoms with E-state index in [2.05, 4.69) is 5.32 Å². The molecule has 2 aromatic carbocycles. The highest BCUT2D eigenvalue weighted by Crippen LogP contribution is 2.33. The molecule has 0 saturated carbocycles. The second kappa shape index (κ2) is 6.86. The minimum Gasteiger partial charge on any atom is -0.378 e. The summed E-state index contributed by atoms with van der Waals surface area (Å²) in [5, 5.41) is 14.6. The second-order valence-corrected chi connectivity index (χ2v) is 5.39. The molecular weight excluding hydrogens is 315 g/mol. The van der Waals surface area contributed by atoms with Crippen LogP contribution in [0.1, 0.15) is 27.5 Å². The summed E-state index contributed by atoms with van der Waals surface area (Å²) in [6.07, 6.45) is 0. The number of nitro groups is 1. The first-order valence-corrected chi connectivity index (χ1v) is 7.47. The molecule has 1 atom stereocenters. The molecule has 124 valence electrons. The van der Waals surface area contributed by atoms with E-state index in [1.54, 1.807) is 30.3 Å². The molecule has 3 rings (SSSR count). The smallest absolute Gasteiger partial charge is 0.288 e. The summed E-state index contributed by atoms with van der Waals surface area (Å²) in [5.74, 6) is -1.24. The maximum atomic E-state index is 14.3. The van der Waals surface area contributed by atoms with Gasteiger partial charge in [0.25, 0.3) is 5.69 Å². The standard InChI is InChI=1S/C17H15FN2O4/c18-13-7-6-12(17(21)11-4-2-1-3-5-11)16(20(22)23)15(13)14-10-24-9-8-19-14/h1-7,14,19H,8-10H2. The molecule has 1 saturated heterocycles. The van der Waals surface area contributed by atoms with Gasteiger partial charge in [-0.1, -0.05) is 30.3 Å². The van der Waals surface area contributed by atoms with Crippen molar-refractivity contribution in [3.05, 3.63) is 75.1 Å². The number of nitrogens with zero attached hydrogens (tertiary/aromatic N) is 1. The highest BCUT2D eigenvalue weighted by atomic mass is 19.1. The summed E-state index contributed by atoms with van der Waals surface area (Å²) in [6, 6.07) is 9.80. The third-order valence-electron chi connectivity index (χ3n) is 3.90. The highest BCUT2D eigenvalue weighted by molar-refractivity contribution is 6.11. The van der Waals surface area contributed by atoms with Crippen molar-refractivity contribution in [2.75, 3.05) is 19.8 Å². The number of benzene rings is 2. The summed E-state index contributed by atoms with van der Waals surface area (Å²) >= 11 is 0. The molecule has 0 bridgehead atoms. The molecule has 0 spiro atoms. The maximum absolute atomic E-state index is 14.3. The van der Waals surface area contributed by atoms with Crippen LogP contribution in [0.2, 0.25) is 0 Å². The van der Waals surface area contributed by atoms with Gasteiger partial charge in [-0.05, 0) is 12.1 Å². The summed E-state index contributed by atoms with van der Waals surface area (Å²) < 4.78 is 19.6. The zero-order valence-corrected chi connectivity index (χ0v) is 12.7. The lowest BCUT2D eigenvalue weighted by atomic mass is 9.95. The summed E-state index contributed by atoms with van der Waals surface area (Å²) in [4.78, 5) is 23.5. The molecule has 6 nitrogen and oxygen atoms in total. The van der Waals surface area contributed by atoms with Gasteiger partial charge in [-0.3, -0.25) is 14.9 Å². The van der Waals surface area contributed by atoms with Crippen molar-refractivity contribution >= 4 is 11.5 Å². The Morgan fingerprint density at radius 3 is 2.62 bits per heavy atom. The van der Waals surface area contributed by atoms with E-state index in [4.69, 9.17) is 4.74 Å². The summed E-state index contributed by atoms with van der Waals surface area (Å²) in [5.41, 5.74) is -0.464. The first-order valence-electron chi connectivity index (χ1n) is 7.47. The Hall–Kier alpha value is -2.64.